The van der Waals surface area contributed by atoms with Gasteiger partial charge in [-0.15, -0.1) is 0 Å². The van der Waals surface area contributed by atoms with Gasteiger partial charge in [0.05, 0.1) is 0 Å². The normalized spacial score (nSPS) is 20.4. The summed E-state index contributed by atoms with van der Waals surface area (Å²) in [4.78, 5) is 2.57. The van der Waals surface area contributed by atoms with E-state index in [1.54, 1.807) is 0 Å². The molecule has 1 fully saturated rings. The van der Waals surface area contributed by atoms with Gasteiger partial charge in [-0.2, -0.15) is 0 Å². The smallest absolute Gasteiger partial charge is 0.0319 e. The maximum atomic E-state index is 5.69. The third-order valence-corrected chi connectivity index (χ3v) is 4.03. The molecule has 0 saturated carbocycles. The summed E-state index contributed by atoms with van der Waals surface area (Å²) < 4.78 is 0. The molecule has 2 nitrogen and oxygen atoms in total. The summed E-state index contributed by atoms with van der Waals surface area (Å²) in [5, 5.41) is 0. The van der Waals surface area contributed by atoms with Crippen LogP contribution in [-0.2, 0) is 0 Å². The van der Waals surface area contributed by atoms with Gasteiger partial charge in [-0.1, -0.05) is 31.2 Å². The molecule has 0 radical (unpaired) electrons. The van der Waals surface area contributed by atoms with Crippen molar-refractivity contribution in [2.24, 2.45) is 5.73 Å². The second-order valence-corrected chi connectivity index (χ2v) is 5.22. The van der Waals surface area contributed by atoms with Gasteiger partial charge in [-0.05, 0) is 56.4 Å². The van der Waals surface area contributed by atoms with Crippen LogP contribution in [0.1, 0.15) is 49.8 Å². The molecule has 1 saturated heterocycles. The SMILES string of the molecule is CC(CN)c1ccc(C(C)N2CCCC2)cc1. The first-order valence-corrected chi connectivity index (χ1v) is 6.76. The minimum Gasteiger partial charge on any atom is -0.330 e. The van der Waals surface area contributed by atoms with Gasteiger partial charge in [0.2, 0.25) is 0 Å². The van der Waals surface area contributed by atoms with Gasteiger partial charge < -0.3 is 5.73 Å². The van der Waals surface area contributed by atoms with Crippen molar-refractivity contribution in [3.63, 3.8) is 0 Å². The van der Waals surface area contributed by atoms with E-state index < -0.39 is 0 Å². The van der Waals surface area contributed by atoms with Gasteiger partial charge >= 0.3 is 0 Å². The summed E-state index contributed by atoms with van der Waals surface area (Å²) >= 11 is 0. The first kappa shape index (κ1) is 12.6. The summed E-state index contributed by atoms with van der Waals surface area (Å²) in [5.41, 5.74) is 8.48. The van der Waals surface area contributed by atoms with Gasteiger partial charge in [0.25, 0.3) is 0 Å². The predicted octanol–water partition coefficient (Wildman–Crippen LogP) is 2.91. The van der Waals surface area contributed by atoms with E-state index in [0.717, 1.165) is 6.54 Å². The number of nitrogens with zero attached hydrogens (tertiary/aromatic N) is 1. The van der Waals surface area contributed by atoms with Gasteiger partial charge in [0.1, 0.15) is 0 Å². The topological polar surface area (TPSA) is 29.3 Å². The Morgan fingerprint density at radius 1 is 1.06 bits per heavy atom. The van der Waals surface area contributed by atoms with Crippen LogP contribution in [0.15, 0.2) is 24.3 Å². The first-order valence-electron chi connectivity index (χ1n) is 6.76. The molecule has 1 aromatic carbocycles. The van der Waals surface area contributed by atoms with Crippen molar-refractivity contribution in [1.29, 1.82) is 0 Å². The monoisotopic (exact) mass is 232 g/mol. The Kier molecular flexibility index (Phi) is 4.19. The van der Waals surface area contributed by atoms with Crippen molar-refractivity contribution in [3.8, 4) is 0 Å². The standard InChI is InChI=1S/C15H24N2/c1-12(11-16)14-5-7-15(8-6-14)13(2)17-9-3-4-10-17/h5-8,12-13H,3-4,9-11,16H2,1-2H3. The molecule has 17 heavy (non-hydrogen) atoms. The average Bonchev–Trinajstić information content (AvgIpc) is 2.91. The van der Waals surface area contributed by atoms with Crippen molar-refractivity contribution in [2.75, 3.05) is 19.6 Å². The number of likely N-dealkylation sites (tertiary alicyclic amines) is 1. The van der Waals surface area contributed by atoms with Gasteiger partial charge in [0, 0.05) is 6.04 Å². The van der Waals surface area contributed by atoms with E-state index in [4.69, 9.17) is 5.73 Å². The Labute approximate surface area is 105 Å². The van der Waals surface area contributed by atoms with Crippen molar-refractivity contribution >= 4 is 0 Å². The highest BCUT2D eigenvalue weighted by Gasteiger charge is 2.19. The van der Waals surface area contributed by atoms with E-state index >= 15 is 0 Å². The van der Waals surface area contributed by atoms with Crippen molar-refractivity contribution in [1.82, 2.24) is 4.90 Å². The fourth-order valence-electron chi connectivity index (χ4n) is 2.58. The van der Waals surface area contributed by atoms with E-state index in [-0.39, 0.29) is 0 Å². The minimum atomic E-state index is 0.464. The van der Waals surface area contributed by atoms with Gasteiger partial charge in [0.15, 0.2) is 0 Å². The van der Waals surface area contributed by atoms with E-state index in [1.807, 2.05) is 0 Å². The lowest BCUT2D eigenvalue weighted by molar-refractivity contribution is 0.263. The highest BCUT2D eigenvalue weighted by molar-refractivity contribution is 5.27. The van der Waals surface area contributed by atoms with Crippen LogP contribution in [0, 0.1) is 0 Å². The van der Waals surface area contributed by atoms with Gasteiger partial charge in [-0.25, -0.2) is 0 Å². The van der Waals surface area contributed by atoms with Gasteiger partial charge in [-0.3, -0.25) is 4.90 Å². The molecule has 2 rings (SSSR count). The molecule has 0 aliphatic carbocycles. The van der Waals surface area contributed by atoms with Crippen LogP contribution in [0.2, 0.25) is 0 Å². The third-order valence-electron chi connectivity index (χ3n) is 4.03. The number of rotatable bonds is 4. The van der Waals surface area contributed by atoms with E-state index in [1.165, 1.54) is 37.1 Å². The van der Waals surface area contributed by atoms with Crippen LogP contribution in [0.3, 0.4) is 0 Å². The van der Waals surface area contributed by atoms with E-state index in [0.29, 0.717) is 12.0 Å². The predicted molar refractivity (Wildman–Crippen MR) is 73.1 cm³/mol. The summed E-state index contributed by atoms with van der Waals surface area (Å²) in [6.07, 6.45) is 2.71. The maximum absolute atomic E-state index is 5.69. The second kappa shape index (κ2) is 5.65. The van der Waals surface area contributed by atoms with Crippen molar-refractivity contribution in [2.45, 2.75) is 38.6 Å². The molecule has 94 valence electrons. The van der Waals surface area contributed by atoms with Crippen LogP contribution in [0.4, 0.5) is 0 Å². The summed E-state index contributed by atoms with van der Waals surface area (Å²) in [5.74, 6) is 0.464. The molecule has 0 spiro atoms. The molecular weight excluding hydrogens is 208 g/mol. The van der Waals surface area contributed by atoms with Crippen LogP contribution >= 0.6 is 0 Å². The molecule has 2 N–H and O–H groups in total. The van der Waals surface area contributed by atoms with E-state index in [9.17, 15) is 0 Å². The highest BCUT2D eigenvalue weighted by Crippen LogP contribution is 2.25. The fraction of sp³-hybridized carbons (Fsp3) is 0.600. The van der Waals surface area contributed by atoms with Crippen LogP contribution < -0.4 is 5.73 Å². The molecule has 2 heteroatoms. The largest absolute Gasteiger partial charge is 0.330 e. The molecule has 0 amide bonds. The lowest BCUT2D eigenvalue weighted by atomic mass is 9.98. The molecule has 2 atom stereocenters. The Morgan fingerprint density at radius 3 is 2.12 bits per heavy atom. The maximum Gasteiger partial charge on any atom is 0.0319 e. The zero-order valence-corrected chi connectivity index (χ0v) is 11.0. The van der Waals surface area contributed by atoms with E-state index in [2.05, 4.69) is 43.0 Å². The zero-order chi connectivity index (χ0) is 12.3. The number of hydrogen-bond acceptors (Lipinski definition) is 2. The average molecular weight is 232 g/mol. The molecule has 0 bridgehead atoms. The Hall–Kier alpha value is -0.860. The Bertz CT molecular complexity index is 338. The molecule has 1 aliphatic rings. The first-order chi connectivity index (χ1) is 8.22. The minimum absolute atomic E-state index is 0.464. The Morgan fingerprint density at radius 2 is 1.59 bits per heavy atom. The lowest BCUT2D eigenvalue weighted by Crippen LogP contribution is -2.23. The molecular formula is C15H24N2. The third kappa shape index (κ3) is 2.88. The summed E-state index contributed by atoms with van der Waals surface area (Å²) in [6, 6.07) is 9.56. The van der Waals surface area contributed by atoms with Crippen LogP contribution in [0.25, 0.3) is 0 Å². The summed E-state index contributed by atoms with van der Waals surface area (Å²) in [7, 11) is 0. The van der Waals surface area contributed by atoms with Crippen molar-refractivity contribution in [3.05, 3.63) is 35.4 Å². The number of nitrogens with two attached hydrogens (primary N) is 1. The quantitative estimate of drug-likeness (QED) is 0.865. The van der Waals surface area contributed by atoms with Crippen LogP contribution in [0.5, 0.6) is 0 Å². The van der Waals surface area contributed by atoms with Crippen LogP contribution in [-0.4, -0.2) is 24.5 Å². The van der Waals surface area contributed by atoms with Crippen molar-refractivity contribution < 1.29 is 0 Å². The molecule has 0 aromatic heterocycles. The highest BCUT2D eigenvalue weighted by atomic mass is 15.2. The lowest BCUT2D eigenvalue weighted by Gasteiger charge is -2.24. The number of hydrogen-bond donors (Lipinski definition) is 1. The molecule has 1 aromatic rings. The molecule has 1 aliphatic heterocycles. The molecule has 2 unspecified atom stereocenters. The summed E-state index contributed by atoms with van der Waals surface area (Å²) in [6.45, 7) is 7.72. The Balaban J connectivity index is 2.06. The molecule has 1 heterocycles. The zero-order valence-electron chi connectivity index (χ0n) is 11.0. The second-order valence-electron chi connectivity index (χ2n) is 5.22. The number of benzene rings is 1. The fourth-order valence-corrected chi connectivity index (χ4v) is 2.58.